The molecule has 0 bridgehead atoms. The minimum absolute atomic E-state index is 0.616. The lowest BCUT2D eigenvalue weighted by atomic mass is 10.1. The number of nitrogens with two attached hydrogens (primary N) is 1. The summed E-state index contributed by atoms with van der Waals surface area (Å²) in [5.41, 5.74) is 10.6. The van der Waals surface area contributed by atoms with Gasteiger partial charge >= 0.3 is 0 Å². The van der Waals surface area contributed by atoms with E-state index in [1.165, 1.54) is 22.5 Å². The zero-order chi connectivity index (χ0) is 15.1. The number of hydrogen-bond donors (Lipinski definition) is 2. The van der Waals surface area contributed by atoms with Gasteiger partial charge in [0.2, 0.25) is 0 Å². The third-order valence-electron chi connectivity index (χ3n) is 3.61. The highest BCUT2D eigenvalue weighted by Crippen LogP contribution is 2.15. The molecule has 0 fully saturated rings. The molecule has 3 heteroatoms. The molecule has 2 aromatic carbocycles. The van der Waals surface area contributed by atoms with Gasteiger partial charge in [-0.25, -0.2) is 0 Å². The van der Waals surface area contributed by atoms with Crippen LogP contribution in [0.2, 0.25) is 0 Å². The van der Waals surface area contributed by atoms with Crippen molar-refractivity contribution in [1.29, 1.82) is 0 Å². The van der Waals surface area contributed by atoms with Crippen LogP contribution in [0, 0.1) is 0 Å². The van der Waals surface area contributed by atoms with Crippen LogP contribution >= 0.6 is 0 Å². The molecule has 0 atom stereocenters. The van der Waals surface area contributed by atoms with Gasteiger partial charge < -0.3 is 16.0 Å². The highest BCUT2D eigenvalue weighted by atomic mass is 15.1. The SMILES string of the molecule is CN(C)c1ccc(NCCCc2ccc(CN)cc2)cc1. The van der Waals surface area contributed by atoms with E-state index in [-0.39, 0.29) is 0 Å². The first kappa shape index (κ1) is 15.4. The first-order chi connectivity index (χ1) is 10.2. The minimum Gasteiger partial charge on any atom is -0.385 e. The van der Waals surface area contributed by atoms with E-state index >= 15 is 0 Å². The van der Waals surface area contributed by atoms with Crippen LogP contribution in [-0.4, -0.2) is 20.6 Å². The van der Waals surface area contributed by atoms with Crippen molar-refractivity contribution in [3.05, 3.63) is 59.7 Å². The molecular weight excluding hydrogens is 258 g/mol. The number of rotatable bonds is 7. The van der Waals surface area contributed by atoms with Gasteiger partial charge in [-0.3, -0.25) is 0 Å². The average molecular weight is 283 g/mol. The van der Waals surface area contributed by atoms with Gasteiger partial charge in [0.05, 0.1) is 0 Å². The molecule has 0 saturated carbocycles. The van der Waals surface area contributed by atoms with E-state index < -0.39 is 0 Å². The molecule has 2 rings (SSSR count). The lowest BCUT2D eigenvalue weighted by Crippen LogP contribution is -2.08. The standard InChI is InChI=1S/C18H25N3/c1-21(2)18-11-9-17(10-12-18)20-13-3-4-15-5-7-16(14-19)8-6-15/h5-12,20H,3-4,13-14,19H2,1-2H3. The van der Waals surface area contributed by atoms with E-state index in [1.807, 2.05) is 0 Å². The topological polar surface area (TPSA) is 41.3 Å². The summed E-state index contributed by atoms with van der Waals surface area (Å²) in [6.45, 7) is 1.60. The van der Waals surface area contributed by atoms with Crippen molar-refractivity contribution < 1.29 is 0 Å². The fourth-order valence-corrected chi connectivity index (χ4v) is 2.24. The number of benzene rings is 2. The highest BCUT2D eigenvalue weighted by molar-refractivity contribution is 5.54. The van der Waals surface area contributed by atoms with E-state index in [1.54, 1.807) is 0 Å². The predicted octanol–water partition coefficient (Wildman–Crippen LogP) is 3.26. The van der Waals surface area contributed by atoms with Gasteiger partial charge in [-0.2, -0.15) is 0 Å². The number of nitrogens with zero attached hydrogens (tertiary/aromatic N) is 1. The van der Waals surface area contributed by atoms with Crippen LogP contribution in [0.5, 0.6) is 0 Å². The quantitative estimate of drug-likeness (QED) is 0.766. The molecule has 2 aromatic rings. The first-order valence-corrected chi connectivity index (χ1v) is 7.48. The van der Waals surface area contributed by atoms with Crippen LogP contribution in [0.4, 0.5) is 11.4 Å². The Morgan fingerprint density at radius 2 is 1.52 bits per heavy atom. The van der Waals surface area contributed by atoms with Crippen molar-refractivity contribution in [2.24, 2.45) is 5.73 Å². The van der Waals surface area contributed by atoms with Crippen molar-refractivity contribution in [3.8, 4) is 0 Å². The van der Waals surface area contributed by atoms with E-state index in [9.17, 15) is 0 Å². The molecular formula is C18H25N3. The average Bonchev–Trinajstić information content (AvgIpc) is 2.52. The number of nitrogens with one attached hydrogen (secondary N) is 1. The van der Waals surface area contributed by atoms with Gasteiger partial charge in [0, 0.05) is 38.6 Å². The molecule has 0 aromatic heterocycles. The minimum atomic E-state index is 0.616. The molecule has 0 aliphatic heterocycles. The Bertz CT molecular complexity index is 529. The maximum atomic E-state index is 5.60. The monoisotopic (exact) mass is 283 g/mol. The van der Waals surface area contributed by atoms with Gasteiger partial charge in [-0.15, -0.1) is 0 Å². The number of hydrogen-bond acceptors (Lipinski definition) is 3. The summed E-state index contributed by atoms with van der Waals surface area (Å²) in [5.74, 6) is 0. The molecule has 0 amide bonds. The number of anilines is 2. The van der Waals surface area contributed by atoms with E-state index in [0.717, 1.165) is 19.4 Å². The van der Waals surface area contributed by atoms with Gasteiger partial charge in [-0.05, 0) is 48.2 Å². The molecule has 0 heterocycles. The van der Waals surface area contributed by atoms with E-state index in [0.29, 0.717) is 6.54 Å². The van der Waals surface area contributed by atoms with Crippen molar-refractivity contribution in [3.63, 3.8) is 0 Å². The van der Waals surface area contributed by atoms with Crippen molar-refractivity contribution >= 4 is 11.4 Å². The van der Waals surface area contributed by atoms with Gasteiger partial charge in [0.1, 0.15) is 0 Å². The van der Waals surface area contributed by atoms with Gasteiger partial charge in [0.25, 0.3) is 0 Å². The maximum absolute atomic E-state index is 5.60. The Kier molecular flexibility index (Phi) is 5.64. The molecule has 21 heavy (non-hydrogen) atoms. The van der Waals surface area contributed by atoms with E-state index in [2.05, 4.69) is 72.8 Å². The second kappa shape index (κ2) is 7.70. The van der Waals surface area contributed by atoms with E-state index in [4.69, 9.17) is 5.73 Å². The summed E-state index contributed by atoms with van der Waals surface area (Å²) in [4.78, 5) is 2.11. The zero-order valence-electron chi connectivity index (χ0n) is 13.0. The molecule has 0 aliphatic rings. The fraction of sp³-hybridized carbons (Fsp3) is 0.333. The summed E-state index contributed by atoms with van der Waals surface area (Å²) in [6, 6.07) is 17.1. The predicted molar refractivity (Wildman–Crippen MR) is 91.9 cm³/mol. The van der Waals surface area contributed by atoms with Crippen LogP contribution in [0.3, 0.4) is 0 Å². The molecule has 112 valence electrons. The van der Waals surface area contributed by atoms with Crippen LogP contribution in [0.15, 0.2) is 48.5 Å². The van der Waals surface area contributed by atoms with Crippen molar-refractivity contribution in [1.82, 2.24) is 0 Å². The lowest BCUT2D eigenvalue weighted by Gasteiger charge is -2.13. The third kappa shape index (κ3) is 4.80. The second-order valence-corrected chi connectivity index (χ2v) is 5.49. The Hall–Kier alpha value is -2.00. The fourth-order valence-electron chi connectivity index (χ4n) is 2.24. The molecule has 0 aliphatic carbocycles. The summed E-state index contributed by atoms with van der Waals surface area (Å²) >= 11 is 0. The molecule has 0 radical (unpaired) electrons. The third-order valence-corrected chi connectivity index (χ3v) is 3.61. The smallest absolute Gasteiger partial charge is 0.0362 e. The Labute approximate surface area is 127 Å². The Morgan fingerprint density at radius 3 is 2.10 bits per heavy atom. The summed E-state index contributed by atoms with van der Waals surface area (Å²) in [5, 5.41) is 3.47. The first-order valence-electron chi connectivity index (χ1n) is 7.48. The van der Waals surface area contributed by atoms with Crippen LogP contribution in [0.1, 0.15) is 17.5 Å². The molecule has 0 saturated heterocycles. The lowest BCUT2D eigenvalue weighted by molar-refractivity contribution is 0.862. The second-order valence-electron chi connectivity index (χ2n) is 5.49. The molecule has 3 nitrogen and oxygen atoms in total. The Morgan fingerprint density at radius 1 is 0.905 bits per heavy atom. The largest absolute Gasteiger partial charge is 0.385 e. The Balaban J connectivity index is 1.73. The molecule has 0 unspecified atom stereocenters. The normalized spacial score (nSPS) is 10.4. The van der Waals surface area contributed by atoms with Crippen molar-refractivity contribution in [2.75, 3.05) is 30.9 Å². The molecule has 0 spiro atoms. The molecule has 3 N–H and O–H groups in total. The van der Waals surface area contributed by atoms with Crippen LogP contribution in [0.25, 0.3) is 0 Å². The summed E-state index contributed by atoms with van der Waals surface area (Å²) < 4.78 is 0. The zero-order valence-corrected chi connectivity index (χ0v) is 13.0. The van der Waals surface area contributed by atoms with Gasteiger partial charge in [0.15, 0.2) is 0 Å². The van der Waals surface area contributed by atoms with Gasteiger partial charge in [-0.1, -0.05) is 24.3 Å². The maximum Gasteiger partial charge on any atom is 0.0362 e. The highest BCUT2D eigenvalue weighted by Gasteiger charge is 1.97. The van der Waals surface area contributed by atoms with Crippen LogP contribution < -0.4 is 16.0 Å². The number of aryl methyl sites for hydroxylation is 1. The summed E-state index contributed by atoms with van der Waals surface area (Å²) in [6.07, 6.45) is 2.21. The summed E-state index contributed by atoms with van der Waals surface area (Å²) in [7, 11) is 4.11. The van der Waals surface area contributed by atoms with Crippen LogP contribution in [-0.2, 0) is 13.0 Å². The van der Waals surface area contributed by atoms with Crippen molar-refractivity contribution in [2.45, 2.75) is 19.4 Å².